The summed E-state index contributed by atoms with van der Waals surface area (Å²) < 4.78 is 5.92. The quantitative estimate of drug-likeness (QED) is 0.0245. The molecule has 6 heteroatoms. The van der Waals surface area contributed by atoms with Crippen LogP contribution in [0.4, 0.5) is 0 Å². The van der Waals surface area contributed by atoms with Gasteiger partial charge in [-0.3, -0.25) is 9.59 Å². The van der Waals surface area contributed by atoms with E-state index in [1.165, 1.54) is 116 Å². The molecule has 0 aromatic carbocycles. The predicted octanol–water partition coefficient (Wildman–Crippen LogP) is 16.0. The van der Waals surface area contributed by atoms with Crippen molar-refractivity contribution in [2.24, 2.45) is 0 Å². The second kappa shape index (κ2) is 49.6. The highest BCUT2D eigenvalue weighted by Gasteiger charge is 2.24. The summed E-state index contributed by atoms with van der Waals surface area (Å²) in [5, 5.41) is 23.7. The Labute approximate surface area is 384 Å². The van der Waals surface area contributed by atoms with E-state index in [-0.39, 0.29) is 24.9 Å². The topological polar surface area (TPSA) is 95.9 Å². The summed E-state index contributed by atoms with van der Waals surface area (Å²) in [6.45, 7) is 6.43. The Morgan fingerprint density at radius 2 is 0.871 bits per heavy atom. The van der Waals surface area contributed by atoms with Gasteiger partial charge in [-0.1, -0.05) is 216 Å². The average Bonchev–Trinajstić information content (AvgIpc) is 3.26. The van der Waals surface area contributed by atoms with Gasteiger partial charge >= 0.3 is 5.97 Å². The molecule has 0 spiro atoms. The lowest BCUT2D eigenvalue weighted by molar-refractivity contribution is -0.151. The van der Waals surface area contributed by atoms with E-state index in [1.54, 1.807) is 0 Å². The lowest BCUT2D eigenvalue weighted by Crippen LogP contribution is -2.46. The number of unbranched alkanes of at least 4 members (excludes halogenated alkanes) is 26. The van der Waals surface area contributed by atoms with Gasteiger partial charge in [0.25, 0.3) is 0 Å². The molecule has 0 bridgehead atoms. The van der Waals surface area contributed by atoms with Gasteiger partial charge in [0.15, 0.2) is 0 Å². The molecule has 0 fully saturated rings. The number of nitrogens with one attached hydrogen (secondary N) is 1. The van der Waals surface area contributed by atoms with E-state index < -0.39 is 18.2 Å². The van der Waals surface area contributed by atoms with E-state index in [0.717, 1.165) is 96.3 Å². The first kappa shape index (κ1) is 59.6. The summed E-state index contributed by atoms with van der Waals surface area (Å²) in [5.41, 5.74) is 0. The van der Waals surface area contributed by atoms with E-state index >= 15 is 0 Å². The Balaban J connectivity index is 4.67. The molecule has 3 atom stereocenters. The molecule has 62 heavy (non-hydrogen) atoms. The lowest BCUT2D eigenvalue weighted by atomic mass is 10.0. The summed E-state index contributed by atoms with van der Waals surface area (Å²) in [6.07, 6.45) is 61.4. The molecule has 0 aliphatic carbocycles. The van der Waals surface area contributed by atoms with Crippen LogP contribution in [0.15, 0.2) is 60.8 Å². The molecule has 0 aliphatic rings. The number of carbonyl (C=O) groups is 2. The van der Waals surface area contributed by atoms with Gasteiger partial charge in [0.2, 0.25) is 5.91 Å². The van der Waals surface area contributed by atoms with Crippen molar-refractivity contribution >= 4 is 11.9 Å². The molecule has 0 saturated heterocycles. The third kappa shape index (κ3) is 44.2. The Hall–Kier alpha value is -2.44. The number of amides is 1. The van der Waals surface area contributed by atoms with Crippen LogP contribution in [-0.2, 0) is 14.3 Å². The first-order valence-corrected chi connectivity index (χ1v) is 26.5. The normalized spacial score (nSPS) is 13.7. The molecule has 360 valence electrons. The van der Waals surface area contributed by atoms with Gasteiger partial charge in [0.05, 0.1) is 25.2 Å². The summed E-state index contributed by atoms with van der Waals surface area (Å²) in [5.74, 6) is -0.524. The summed E-state index contributed by atoms with van der Waals surface area (Å²) in [7, 11) is 0. The second-order valence-electron chi connectivity index (χ2n) is 17.9. The standard InChI is InChI=1S/C56H101NO5/c1-4-7-10-13-16-19-22-24-26-28-30-32-34-37-40-43-46-49-56(61)62-52(47-44-41-38-35-33-31-29-27-25-23-20-17-14-11-8-5-2)50-55(60)57-53(51-58)54(59)48-45-42-39-36-21-18-15-12-9-6-3/h16,19,24,26-27,29-33,52-54,58-59H,4-15,17-18,20-23,25,28,34-51H2,1-3H3,(H,57,60)/b19-16-,26-24-,29-27+,32-30-,33-31+. The van der Waals surface area contributed by atoms with Gasteiger partial charge in [0, 0.05) is 6.42 Å². The van der Waals surface area contributed by atoms with Crippen LogP contribution in [0.1, 0.15) is 258 Å². The predicted molar refractivity (Wildman–Crippen MR) is 268 cm³/mol. The fourth-order valence-corrected chi connectivity index (χ4v) is 7.78. The SMILES string of the molecule is CCCCC/C=C\C/C=C\C/C=C\CCCCCCC(=O)OC(CCCCC/C=C/C=C/CCCCCCCCC)CC(=O)NC(CO)C(O)CCCCCCCCCCCC. The Bertz CT molecular complexity index is 1110. The van der Waals surface area contributed by atoms with Gasteiger partial charge in [-0.2, -0.15) is 0 Å². The lowest BCUT2D eigenvalue weighted by Gasteiger charge is -2.24. The molecule has 0 aromatic rings. The van der Waals surface area contributed by atoms with Crippen LogP contribution in [0, 0.1) is 0 Å². The number of hydrogen-bond acceptors (Lipinski definition) is 5. The van der Waals surface area contributed by atoms with Crippen molar-refractivity contribution in [1.82, 2.24) is 5.32 Å². The number of rotatable bonds is 47. The maximum atomic E-state index is 13.2. The third-order valence-corrected chi connectivity index (χ3v) is 11.8. The van der Waals surface area contributed by atoms with Crippen molar-refractivity contribution in [3.63, 3.8) is 0 Å². The Kier molecular flexibility index (Phi) is 47.6. The summed E-state index contributed by atoms with van der Waals surface area (Å²) >= 11 is 0. The van der Waals surface area contributed by atoms with E-state index in [2.05, 4.69) is 86.8 Å². The Morgan fingerprint density at radius 3 is 1.39 bits per heavy atom. The minimum absolute atomic E-state index is 0.0495. The second-order valence-corrected chi connectivity index (χ2v) is 17.9. The molecule has 6 nitrogen and oxygen atoms in total. The highest BCUT2D eigenvalue weighted by Crippen LogP contribution is 2.17. The zero-order valence-electron chi connectivity index (χ0n) is 41.0. The van der Waals surface area contributed by atoms with Gasteiger partial charge in [-0.05, 0) is 89.9 Å². The highest BCUT2D eigenvalue weighted by molar-refractivity contribution is 5.77. The van der Waals surface area contributed by atoms with E-state index in [0.29, 0.717) is 19.3 Å². The van der Waals surface area contributed by atoms with Crippen LogP contribution < -0.4 is 5.32 Å². The van der Waals surface area contributed by atoms with E-state index in [1.807, 2.05) is 0 Å². The van der Waals surface area contributed by atoms with Crippen molar-refractivity contribution in [2.45, 2.75) is 277 Å². The smallest absolute Gasteiger partial charge is 0.306 e. The third-order valence-electron chi connectivity index (χ3n) is 11.8. The minimum Gasteiger partial charge on any atom is -0.462 e. The molecule has 1 amide bonds. The summed E-state index contributed by atoms with van der Waals surface area (Å²) in [4.78, 5) is 26.2. The molecule has 0 saturated carbocycles. The number of allylic oxidation sites excluding steroid dienone is 10. The fraction of sp³-hybridized carbons (Fsp3) is 0.786. The van der Waals surface area contributed by atoms with E-state index in [9.17, 15) is 19.8 Å². The average molecular weight is 868 g/mol. The van der Waals surface area contributed by atoms with Crippen LogP contribution in [0.5, 0.6) is 0 Å². The van der Waals surface area contributed by atoms with Crippen molar-refractivity contribution in [3.05, 3.63) is 60.8 Å². The molecular formula is C56H101NO5. The monoisotopic (exact) mass is 868 g/mol. The molecule has 0 radical (unpaired) electrons. The first-order chi connectivity index (χ1) is 30.5. The molecule has 0 heterocycles. The van der Waals surface area contributed by atoms with Crippen LogP contribution in [0.2, 0.25) is 0 Å². The zero-order chi connectivity index (χ0) is 45.2. The van der Waals surface area contributed by atoms with Crippen molar-refractivity contribution < 1.29 is 24.5 Å². The number of esters is 1. The summed E-state index contributed by atoms with van der Waals surface area (Å²) in [6, 6.07) is -0.715. The largest absolute Gasteiger partial charge is 0.462 e. The highest BCUT2D eigenvalue weighted by atomic mass is 16.5. The van der Waals surface area contributed by atoms with Gasteiger partial charge in [-0.15, -0.1) is 0 Å². The van der Waals surface area contributed by atoms with Crippen molar-refractivity contribution in [2.75, 3.05) is 6.61 Å². The van der Waals surface area contributed by atoms with Crippen LogP contribution in [0.25, 0.3) is 0 Å². The van der Waals surface area contributed by atoms with Gasteiger partial charge in [-0.25, -0.2) is 0 Å². The number of hydrogen-bond donors (Lipinski definition) is 3. The van der Waals surface area contributed by atoms with Gasteiger partial charge in [0.1, 0.15) is 6.10 Å². The van der Waals surface area contributed by atoms with Crippen molar-refractivity contribution in [1.29, 1.82) is 0 Å². The minimum atomic E-state index is -0.799. The molecule has 3 unspecified atom stereocenters. The zero-order valence-corrected chi connectivity index (χ0v) is 41.0. The molecular weight excluding hydrogens is 767 g/mol. The van der Waals surface area contributed by atoms with Crippen LogP contribution in [-0.4, -0.2) is 46.9 Å². The fourth-order valence-electron chi connectivity index (χ4n) is 7.78. The van der Waals surface area contributed by atoms with Crippen LogP contribution in [0.3, 0.4) is 0 Å². The maximum Gasteiger partial charge on any atom is 0.306 e. The van der Waals surface area contributed by atoms with Crippen LogP contribution >= 0.6 is 0 Å². The molecule has 0 aliphatic heterocycles. The first-order valence-electron chi connectivity index (χ1n) is 26.5. The van der Waals surface area contributed by atoms with Gasteiger partial charge < -0.3 is 20.3 Å². The maximum absolute atomic E-state index is 13.2. The number of ether oxygens (including phenoxy) is 1. The molecule has 3 N–H and O–H groups in total. The molecule has 0 aromatic heterocycles. The van der Waals surface area contributed by atoms with E-state index in [4.69, 9.17) is 4.74 Å². The number of carbonyl (C=O) groups excluding carboxylic acids is 2. The molecule has 0 rings (SSSR count). The number of aliphatic hydroxyl groups is 2. The van der Waals surface area contributed by atoms with Crippen molar-refractivity contribution in [3.8, 4) is 0 Å². The Morgan fingerprint density at radius 1 is 0.484 bits per heavy atom. The number of aliphatic hydroxyl groups excluding tert-OH is 2.